The second-order valence-corrected chi connectivity index (χ2v) is 9.48. The Balaban J connectivity index is 1.99. The molecule has 0 spiro atoms. The normalized spacial score (nSPS) is 15.3. The summed E-state index contributed by atoms with van der Waals surface area (Å²) in [6, 6.07) is 4.83. The minimum Gasteiger partial charge on any atom is -0.493 e. The summed E-state index contributed by atoms with van der Waals surface area (Å²) in [5.41, 5.74) is 0.990. The number of nitrogens with one attached hydrogen (secondary N) is 1. The molecular formula is C18H23N3O5S. The first-order chi connectivity index (χ1) is 12.6. The fourth-order valence-electron chi connectivity index (χ4n) is 3.01. The number of hydrogen-bond acceptors (Lipinski definition) is 6. The smallest absolute Gasteiger partial charge is 0.256 e. The van der Waals surface area contributed by atoms with E-state index in [1.807, 2.05) is 20.8 Å². The summed E-state index contributed by atoms with van der Waals surface area (Å²) in [5, 5.41) is 7.28. The number of aromatic nitrogens is 2. The van der Waals surface area contributed by atoms with Crippen LogP contribution >= 0.6 is 0 Å². The highest BCUT2D eigenvalue weighted by Crippen LogP contribution is 2.35. The van der Waals surface area contributed by atoms with Crippen molar-refractivity contribution < 1.29 is 22.7 Å². The van der Waals surface area contributed by atoms with E-state index in [0.29, 0.717) is 34.1 Å². The second-order valence-electron chi connectivity index (χ2n) is 7.41. The van der Waals surface area contributed by atoms with Crippen molar-refractivity contribution in [3.05, 3.63) is 35.0 Å². The van der Waals surface area contributed by atoms with Crippen LogP contribution in [0, 0.1) is 0 Å². The summed E-state index contributed by atoms with van der Waals surface area (Å²) in [5.74, 6) is 0.750. The van der Waals surface area contributed by atoms with Crippen molar-refractivity contribution in [3.63, 3.8) is 0 Å². The SMILES string of the molecule is COc1ccc(C(=O)Nc2c3c(nn2C(C)(C)C)CS(=O)(=O)C3)cc1OC. The van der Waals surface area contributed by atoms with Crippen LogP contribution in [0.3, 0.4) is 0 Å². The number of carbonyl (C=O) groups is 1. The zero-order valence-electron chi connectivity index (χ0n) is 16.0. The average molecular weight is 393 g/mol. The predicted molar refractivity (Wildman–Crippen MR) is 101 cm³/mol. The summed E-state index contributed by atoms with van der Waals surface area (Å²) in [7, 11) is -0.222. The minimum atomic E-state index is -3.23. The molecule has 0 atom stereocenters. The van der Waals surface area contributed by atoms with E-state index >= 15 is 0 Å². The van der Waals surface area contributed by atoms with Gasteiger partial charge in [-0.2, -0.15) is 5.10 Å². The second kappa shape index (κ2) is 6.56. The summed E-state index contributed by atoms with van der Waals surface area (Å²) < 4.78 is 36.1. The summed E-state index contributed by atoms with van der Waals surface area (Å²) in [6.45, 7) is 5.82. The van der Waals surface area contributed by atoms with E-state index in [-0.39, 0.29) is 17.4 Å². The maximum absolute atomic E-state index is 12.8. The molecule has 2 heterocycles. The number of sulfone groups is 1. The van der Waals surface area contributed by atoms with E-state index in [9.17, 15) is 13.2 Å². The van der Waals surface area contributed by atoms with Gasteiger partial charge in [0.05, 0.1) is 37.0 Å². The van der Waals surface area contributed by atoms with E-state index < -0.39 is 15.4 Å². The van der Waals surface area contributed by atoms with Crippen LogP contribution < -0.4 is 14.8 Å². The number of nitrogens with zero attached hydrogens (tertiary/aromatic N) is 2. The maximum Gasteiger partial charge on any atom is 0.256 e. The first-order valence-corrected chi connectivity index (χ1v) is 10.2. The van der Waals surface area contributed by atoms with Crippen LogP contribution in [-0.4, -0.2) is 38.3 Å². The van der Waals surface area contributed by atoms with Gasteiger partial charge in [0.1, 0.15) is 5.82 Å². The van der Waals surface area contributed by atoms with E-state index in [2.05, 4.69) is 10.4 Å². The molecule has 0 saturated carbocycles. The minimum absolute atomic E-state index is 0.107. The van der Waals surface area contributed by atoms with Gasteiger partial charge >= 0.3 is 0 Å². The van der Waals surface area contributed by atoms with Gasteiger partial charge in [-0.1, -0.05) is 0 Å². The Morgan fingerprint density at radius 3 is 2.41 bits per heavy atom. The van der Waals surface area contributed by atoms with Gasteiger partial charge in [0.25, 0.3) is 5.91 Å². The quantitative estimate of drug-likeness (QED) is 0.856. The number of amides is 1. The lowest BCUT2D eigenvalue weighted by molar-refractivity contribution is 0.102. The predicted octanol–water partition coefficient (Wildman–Crippen LogP) is 2.34. The largest absolute Gasteiger partial charge is 0.493 e. The maximum atomic E-state index is 12.8. The van der Waals surface area contributed by atoms with E-state index in [4.69, 9.17) is 9.47 Å². The molecule has 27 heavy (non-hydrogen) atoms. The van der Waals surface area contributed by atoms with Gasteiger partial charge in [0.2, 0.25) is 0 Å². The number of benzene rings is 1. The molecule has 0 saturated heterocycles. The average Bonchev–Trinajstić information content (AvgIpc) is 3.06. The third-order valence-electron chi connectivity index (χ3n) is 4.30. The van der Waals surface area contributed by atoms with Gasteiger partial charge in [-0.15, -0.1) is 0 Å². The molecule has 0 unspecified atom stereocenters. The zero-order chi connectivity index (χ0) is 20.0. The van der Waals surface area contributed by atoms with Gasteiger partial charge in [-0.3, -0.25) is 4.79 Å². The van der Waals surface area contributed by atoms with Gasteiger partial charge < -0.3 is 14.8 Å². The third kappa shape index (κ3) is 3.64. The fraction of sp³-hybridized carbons (Fsp3) is 0.444. The van der Waals surface area contributed by atoms with Crippen molar-refractivity contribution >= 4 is 21.6 Å². The van der Waals surface area contributed by atoms with Gasteiger partial charge in [0.15, 0.2) is 21.3 Å². The van der Waals surface area contributed by atoms with Gasteiger partial charge in [-0.05, 0) is 39.0 Å². The van der Waals surface area contributed by atoms with Crippen molar-refractivity contribution in [1.29, 1.82) is 0 Å². The van der Waals surface area contributed by atoms with Gasteiger partial charge in [-0.25, -0.2) is 13.1 Å². The van der Waals surface area contributed by atoms with Crippen LogP contribution in [0.25, 0.3) is 0 Å². The topological polar surface area (TPSA) is 99.5 Å². The monoisotopic (exact) mass is 393 g/mol. The number of ether oxygens (including phenoxy) is 2. The van der Waals surface area contributed by atoms with Crippen molar-refractivity contribution in [1.82, 2.24) is 9.78 Å². The first kappa shape index (κ1) is 19.2. The molecule has 3 rings (SSSR count). The highest BCUT2D eigenvalue weighted by Gasteiger charge is 2.35. The Hall–Kier alpha value is -2.55. The third-order valence-corrected chi connectivity index (χ3v) is 5.74. The number of rotatable bonds is 4. The fourth-order valence-corrected chi connectivity index (χ4v) is 4.51. The number of anilines is 1. The molecule has 0 aliphatic carbocycles. The molecule has 1 aromatic heterocycles. The molecule has 2 aromatic rings. The van der Waals surface area contributed by atoms with Crippen molar-refractivity contribution in [2.75, 3.05) is 19.5 Å². The van der Waals surface area contributed by atoms with Crippen LogP contribution in [-0.2, 0) is 26.9 Å². The molecular weight excluding hydrogens is 370 g/mol. The Kier molecular flexibility index (Phi) is 4.67. The Morgan fingerprint density at radius 1 is 1.15 bits per heavy atom. The molecule has 146 valence electrons. The van der Waals surface area contributed by atoms with Gasteiger partial charge in [0, 0.05) is 11.1 Å². The van der Waals surface area contributed by atoms with E-state index in [1.54, 1.807) is 22.9 Å². The first-order valence-electron chi connectivity index (χ1n) is 8.41. The van der Waals surface area contributed by atoms with Crippen LogP contribution in [0.4, 0.5) is 5.82 Å². The molecule has 1 aliphatic heterocycles. The lowest BCUT2D eigenvalue weighted by Gasteiger charge is -2.23. The standard InChI is InChI=1S/C18H23N3O5S/c1-18(2,3)21-16(12-9-27(23,24)10-13(12)20-21)19-17(22)11-6-7-14(25-4)15(8-11)26-5/h6-8H,9-10H2,1-5H3,(H,19,22). The Morgan fingerprint density at radius 2 is 1.81 bits per heavy atom. The zero-order valence-corrected chi connectivity index (χ0v) is 16.8. The molecule has 1 aliphatic rings. The molecule has 1 aromatic carbocycles. The molecule has 8 nitrogen and oxygen atoms in total. The number of methoxy groups -OCH3 is 2. The molecule has 1 N–H and O–H groups in total. The molecule has 9 heteroatoms. The molecule has 1 amide bonds. The van der Waals surface area contributed by atoms with Crippen LogP contribution in [0.2, 0.25) is 0 Å². The summed E-state index contributed by atoms with van der Waals surface area (Å²) >= 11 is 0. The molecule has 0 radical (unpaired) electrons. The number of carbonyl (C=O) groups excluding carboxylic acids is 1. The number of fused-ring (bicyclic) bond motifs is 1. The summed E-state index contributed by atoms with van der Waals surface area (Å²) in [6.07, 6.45) is 0. The summed E-state index contributed by atoms with van der Waals surface area (Å²) in [4.78, 5) is 12.8. The van der Waals surface area contributed by atoms with Crippen molar-refractivity contribution in [2.24, 2.45) is 0 Å². The van der Waals surface area contributed by atoms with Crippen LogP contribution in [0.15, 0.2) is 18.2 Å². The van der Waals surface area contributed by atoms with E-state index in [0.717, 1.165) is 0 Å². The highest BCUT2D eigenvalue weighted by atomic mass is 32.2. The molecule has 0 fully saturated rings. The molecule has 0 bridgehead atoms. The number of hydrogen-bond donors (Lipinski definition) is 1. The Bertz CT molecular complexity index is 1000. The van der Waals surface area contributed by atoms with Crippen molar-refractivity contribution in [3.8, 4) is 11.5 Å². The van der Waals surface area contributed by atoms with Crippen LogP contribution in [0.5, 0.6) is 11.5 Å². The lowest BCUT2D eigenvalue weighted by Crippen LogP contribution is -2.27. The Labute approximate surface area is 158 Å². The highest BCUT2D eigenvalue weighted by molar-refractivity contribution is 7.90. The van der Waals surface area contributed by atoms with Crippen LogP contribution in [0.1, 0.15) is 42.4 Å². The van der Waals surface area contributed by atoms with Crippen molar-refractivity contribution in [2.45, 2.75) is 37.8 Å². The lowest BCUT2D eigenvalue weighted by atomic mass is 10.1. The van der Waals surface area contributed by atoms with E-state index in [1.165, 1.54) is 14.2 Å².